The van der Waals surface area contributed by atoms with Crippen molar-refractivity contribution in [1.29, 1.82) is 0 Å². The van der Waals surface area contributed by atoms with Gasteiger partial charge in [0.25, 0.3) is 0 Å². The van der Waals surface area contributed by atoms with E-state index >= 15 is 0 Å². The third-order valence-electron chi connectivity index (χ3n) is 1.52. The normalized spacial score (nSPS) is 10.4. The lowest BCUT2D eigenvalue weighted by Gasteiger charge is -2.05. The van der Waals surface area contributed by atoms with Crippen LogP contribution in [0.25, 0.3) is 0 Å². The van der Waals surface area contributed by atoms with Crippen molar-refractivity contribution >= 4 is 15.9 Å². The van der Waals surface area contributed by atoms with Gasteiger partial charge in [0.2, 0.25) is 5.88 Å². The number of ether oxygens (including phenoxy) is 1. The van der Waals surface area contributed by atoms with Gasteiger partial charge < -0.3 is 4.74 Å². The Hall–Kier alpha value is -0.640. The fourth-order valence-corrected chi connectivity index (χ4v) is 1.27. The molecule has 0 saturated carbocycles. The molecule has 0 bridgehead atoms. The predicted molar refractivity (Wildman–Crippen MR) is 50.4 cm³/mol. The number of rotatable bonds is 2. The van der Waals surface area contributed by atoms with Crippen molar-refractivity contribution in [1.82, 2.24) is 10.2 Å². The molecule has 66 valence electrons. The second-order valence-electron chi connectivity index (χ2n) is 2.78. The number of aromatic nitrogens is 2. The van der Waals surface area contributed by atoms with Crippen LogP contribution >= 0.6 is 15.9 Å². The Labute approximate surface area is 80.3 Å². The maximum atomic E-state index is 4.96. The van der Waals surface area contributed by atoms with Crippen LogP contribution in [0.4, 0.5) is 0 Å². The largest absolute Gasteiger partial charge is 0.479 e. The maximum Gasteiger partial charge on any atom is 0.247 e. The summed E-state index contributed by atoms with van der Waals surface area (Å²) in [6, 6.07) is 1.93. The highest BCUT2D eigenvalue weighted by molar-refractivity contribution is 9.10. The minimum absolute atomic E-state index is 0.389. The highest BCUT2D eigenvalue weighted by Crippen LogP contribution is 2.23. The average molecular weight is 231 g/mol. The van der Waals surface area contributed by atoms with Gasteiger partial charge >= 0.3 is 0 Å². The van der Waals surface area contributed by atoms with E-state index in [4.69, 9.17) is 4.74 Å². The summed E-state index contributed by atoms with van der Waals surface area (Å²) in [7, 11) is 1.57. The molecule has 4 heteroatoms. The van der Waals surface area contributed by atoms with Gasteiger partial charge in [0, 0.05) is 0 Å². The molecule has 0 amide bonds. The van der Waals surface area contributed by atoms with Crippen molar-refractivity contribution in [2.24, 2.45) is 0 Å². The van der Waals surface area contributed by atoms with Crippen molar-refractivity contribution in [3.63, 3.8) is 0 Å². The Balaban J connectivity index is 3.02. The van der Waals surface area contributed by atoms with Crippen LogP contribution in [0.1, 0.15) is 25.5 Å². The zero-order valence-corrected chi connectivity index (χ0v) is 8.92. The fourth-order valence-electron chi connectivity index (χ4n) is 0.792. The summed E-state index contributed by atoms with van der Waals surface area (Å²) in [6.07, 6.45) is 0. The summed E-state index contributed by atoms with van der Waals surface area (Å²) in [5, 5.41) is 7.90. The van der Waals surface area contributed by atoms with Crippen LogP contribution in [0.15, 0.2) is 10.5 Å². The van der Waals surface area contributed by atoms with E-state index < -0.39 is 0 Å². The number of methoxy groups -OCH3 is 1. The van der Waals surface area contributed by atoms with Crippen LogP contribution in [-0.4, -0.2) is 17.3 Å². The molecule has 3 nitrogen and oxygen atoms in total. The van der Waals surface area contributed by atoms with Crippen molar-refractivity contribution in [3.8, 4) is 5.88 Å². The Bertz CT molecular complexity index is 276. The topological polar surface area (TPSA) is 35.0 Å². The maximum absolute atomic E-state index is 4.96. The molecule has 1 rings (SSSR count). The van der Waals surface area contributed by atoms with Gasteiger partial charge in [-0.3, -0.25) is 0 Å². The van der Waals surface area contributed by atoms with Crippen LogP contribution in [0.5, 0.6) is 5.88 Å². The standard InChI is InChI=1S/C8H11BrN2O/c1-5(2)7-4-6(9)8(12-3)11-10-7/h4-5H,1-3H3. The Morgan fingerprint density at radius 3 is 2.50 bits per heavy atom. The summed E-state index contributed by atoms with van der Waals surface area (Å²) in [5.74, 6) is 0.916. The smallest absolute Gasteiger partial charge is 0.247 e. The quantitative estimate of drug-likeness (QED) is 0.783. The molecule has 0 aromatic carbocycles. The van der Waals surface area contributed by atoms with Crippen molar-refractivity contribution in [3.05, 3.63) is 16.2 Å². The van der Waals surface area contributed by atoms with Crippen LogP contribution in [-0.2, 0) is 0 Å². The van der Waals surface area contributed by atoms with Gasteiger partial charge in [-0.15, -0.1) is 5.10 Å². The molecule has 1 aromatic rings. The summed E-state index contributed by atoms with van der Waals surface area (Å²) in [6.45, 7) is 4.14. The summed E-state index contributed by atoms with van der Waals surface area (Å²) in [5.41, 5.74) is 0.961. The van der Waals surface area contributed by atoms with Gasteiger partial charge in [0.15, 0.2) is 0 Å². The zero-order valence-electron chi connectivity index (χ0n) is 7.34. The Kier molecular flexibility index (Phi) is 3.03. The molecule has 0 saturated heterocycles. The first-order chi connectivity index (χ1) is 5.65. The molecule has 12 heavy (non-hydrogen) atoms. The molecule has 0 unspecified atom stereocenters. The highest BCUT2D eigenvalue weighted by atomic mass is 79.9. The van der Waals surface area contributed by atoms with E-state index in [-0.39, 0.29) is 0 Å². The first-order valence-corrected chi connectivity index (χ1v) is 4.51. The minimum atomic E-state index is 0.389. The molecule has 0 aliphatic carbocycles. The lowest BCUT2D eigenvalue weighted by molar-refractivity contribution is 0.387. The lowest BCUT2D eigenvalue weighted by atomic mass is 10.1. The van der Waals surface area contributed by atoms with E-state index in [1.54, 1.807) is 7.11 Å². The number of halogens is 1. The third-order valence-corrected chi connectivity index (χ3v) is 2.09. The van der Waals surface area contributed by atoms with Gasteiger partial charge in [-0.2, -0.15) is 5.10 Å². The van der Waals surface area contributed by atoms with Crippen LogP contribution in [0, 0.1) is 0 Å². The Morgan fingerprint density at radius 1 is 1.42 bits per heavy atom. The molecule has 0 aliphatic heterocycles. The van der Waals surface area contributed by atoms with Gasteiger partial charge in [0.05, 0.1) is 17.3 Å². The monoisotopic (exact) mass is 230 g/mol. The summed E-state index contributed by atoms with van der Waals surface area (Å²) in [4.78, 5) is 0. The summed E-state index contributed by atoms with van der Waals surface area (Å²) < 4.78 is 5.81. The lowest BCUT2D eigenvalue weighted by Crippen LogP contribution is -1.98. The van der Waals surface area contributed by atoms with Crippen LogP contribution in [0.3, 0.4) is 0 Å². The SMILES string of the molecule is COc1nnc(C(C)C)cc1Br. The molecule has 0 spiro atoms. The van der Waals surface area contributed by atoms with Gasteiger partial charge in [0.1, 0.15) is 0 Å². The van der Waals surface area contributed by atoms with E-state index in [1.165, 1.54) is 0 Å². The molecule has 0 fully saturated rings. The van der Waals surface area contributed by atoms with Crippen molar-refractivity contribution in [2.75, 3.05) is 7.11 Å². The van der Waals surface area contributed by atoms with Gasteiger partial charge in [-0.25, -0.2) is 0 Å². The molecule has 0 N–H and O–H groups in total. The predicted octanol–water partition coefficient (Wildman–Crippen LogP) is 2.37. The van der Waals surface area contributed by atoms with Gasteiger partial charge in [-0.05, 0) is 27.9 Å². The molecule has 1 heterocycles. The van der Waals surface area contributed by atoms with E-state index in [0.717, 1.165) is 10.2 Å². The van der Waals surface area contributed by atoms with Crippen molar-refractivity contribution in [2.45, 2.75) is 19.8 Å². The molecule has 0 radical (unpaired) electrons. The number of hydrogen-bond donors (Lipinski definition) is 0. The highest BCUT2D eigenvalue weighted by Gasteiger charge is 2.06. The Morgan fingerprint density at radius 2 is 2.08 bits per heavy atom. The van der Waals surface area contributed by atoms with E-state index in [9.17, 15) is 0 Å². The molecule has 0 atom stereocenters. The van der Waals surface area contributed by atoms with Crippen molar-refractivity contribution < 1.29 is 4.74 Å². The van der Waals surface area contributed by atoms with Gasteiger partial charge in [-0.1, -0.05) is 13.8 Å². The molecule has 1 aromatic heterocycles. The van der Waals surface area contributed by atoms with E-state index in [1.807, 2.05) is 6.07 Å². The van der Waals surface area contributed by atoms with E-state index in [0.29, 0.717) is 11.8 Å². The minimum Gasteiger partial charge on any atom is -0.479 e. The molecular formula is C8H11BrN2O. The average Bonchev–Trinajstić information content (AvgIpc) is 2.04. The molecular weight excluding hydrogens is 220 g/mol. The third kappa shape index (κ3) is 1.94. The second-order valence-corrected chi connectivity index (χ2v) is 3.64. The first-order valence-electron chi connectivity index (χ1n) is 3.72. The second kappa shape index (κ2) is 3.85. The number of hydrogen-bond acceptors (Lipinski definition) is 3. The van der Waals surface area contributed by atoms with E-state index in [2.05, 4.69) is 40.0 Å². The zero-order chi connectivity index (χ0) is 9.14. The first kappa shape index (κ1) is 9.45. The van der Waals surface area contributed by atoms with Crippen LogP contribution < -0.4 is 4.74 Å². The fraction of sp³-hybridized carbons (Fsp3) is 0.500. The van der Waals surface area contributed by atoms with Crippen LogP contribution in [0.2, 0.25) is 0 Å². The summed E-state index contributed by atoms with van der Waals surface area (Å²) >= 11 is 3.35. The molecule has 0 aliphatic rings. The number of nitrogens with zero attached hydrogens (tertiary/aromatic N) is 2.